The average Bonchev–Trinajstić information content (AvgIpc) is 2.58. The molecule has 7 heteroatoms. The van der Waals surface area contributed by atoms with Gasteiger partial charge in [-0.2, -0.15) is 0 Å². The molecule has 4 nitrogen and oxygen atoms in total. The first-order chi connectivity index (χ1) is 11.8. The Kier molecular flexibility index (Phi) is 7.89. The van der Waals surface area contributed by atoms with Crippen molar-refractivity contribution in [3.63, 3.8) is 0 Å². The van der Waals surface area contributed by atoms with Gasteiger partial charge in [0.1, 0.15) is 5.82 Å². The predicted molar refractivity (Wildman–Crippen MR) is 101 cm³/mol. The lowest BCUT2D eigenvalue weighted by molar-refractivity contribution is -0.182. The van der Waals surface area contributed by atoms with Crippen LogP contribution in [0.15, 0.2) is 23.1 Å². The summed E-state index contributed by atoms with van der Waals surface area (Å²) in [5.41, 5.74) is 0.834. The Bertz CT molecular complexity index is 586. The standard InChI is InChI=1S/C18H28FNO3S2/c1-18(2,3)25(21)20-15(7-9-17-22-10-5-11-23-17)14-12-13(19)6-8-16(14)24-4/h6,8,12,15,17,20H,5,7,9-11H2,1-4H3/t15-,25?/m1/s1. The highest BCUT2D eigenvalue weighted by Gasteiger charge is 2.26. The Morgan fingerprint density at radius 3 is 2.64 bits per heavy atom. The molecule has 1 N–H and O–H groups in total. The van der Waals surface area contributed by atoms with Gasteiger partial charge in [0.2, 0.25) is 0 Å². The summed E-state index contributed by atoms with van der Waals surface area (Å²) in [5, 5.41) is 0. The monoisotopic (exact) mass is 389 g/mol. The normalized spacial score (nSPS) is 18.9. The van der Waals surface area contributed by atoms with Crippen LogP contribution in [0.25, 0.3) is 0 Å². The van der Waals surface area contributed by atoms with Crippen LogP contribution in [0.1, 0.15) is 51.6 Å². The summed E-state index contributed by atoms with van der Waals surface area (Å²) in [6.45, 7) is 7.16. The Balaban J connectivity index is 2.18. The summed E-state index contributed by atoms with van der Waals surface area (Å²) in [7, 11) is -1.25. The molecule has 0 amide bonds. The van der Waals surface area contributed by atoms with Crippen LogP contribution in [0.4, 0.5) is 4.39 Å². The highest BCUT2D eigenvalue weighted by Crippen LogP contribution is 2.31. The van der Waals surface area contributed by atoms with Crippen molar-refractivity contribution >= 4 is 22.7 Å². The third-order valence-electron chi connectivity index (χ3n) is 3.96. The highest BCUT2D eigenvalue weighted by molar-refractivity contribution is 7.98. The van der Waals surface area contributed by atoms with Crippen molar-refractivity contribution in [2.24, 2.45) is 0 Å². The largest absolute Gasteiger partial charge is 0.353 e. The molecule has 142 valence electrons. The molecule has 0 aliphatic carbocycles. The van der Waals surface area contributed by atoms with Gasteiger partial charge in [0.15, 0.2) is 6.29 Å². The lowest BCUT2D eigenvalue weighted by Gasteiger charge is -2.28. The van der Waals surface area contributed by atoms with Crippen molar-refractivity contribution in [3.05, 3.63) is 29.6 Å². The number of hydrogen-bond acceptors (Lipinski definition) is 4. The van der Waals surface area contributed by atoms with E-state index in [4.69, 9.17) is 9.47 Å². The van der Waals surface area contributed by atoms with Crippen molar-refractivity contribution in [2.75, 3.05) is 19.5 Å². The summed E-state index contributed by atoms with van der Waals surface area (Å²) in [4.78, 5) is 0.982. The molecule has 1 heterocycles. The number of ether oxygens (including phenoxy) is 2. The first-order valence-electron chi connectivity index (χ1n) is 8.56. The van der Waals surface area contributed by atoms with Gasteiger partial charge in [-0.15, -0.1) is 11.8 Å². The van der Waals surface area contributed by atoms with E-state index in [1.54, 1.807) is 17.8 Å². The van der Waals surface area contributed by atoms with Gasteiger partial charge in [-0.25, -0.2) is 13.3 Å². The van der Waals surface area contributed by atoms with Crippen LogP contribution in [0.2, 0.25) is 0 Å². The van der Waals surface area contributed by atoms with Gasteiger partial charge in [0.25, 0.3) is 0 Å². The summed E-state index contributed by atoms with van der Waals surface area (Å²) in [6.07, 6.45) is 3.95. The zero-order chi connectivity index (χ0) is 18.4. The van der Waals surface area contributed by atoms with Crippen molar-refractivity contribution in [2.45, 2.75) is 62.0 Å². The average molecular weight is 390 g/mol. The smallest absolute Gasteiger partial charge is 0.157 e. The van der Waals surface area contributed by atoms with Crippen LogP contribution < -0.4 is 4.72 Å². The van der Waals surface area contributed by atoms with Crippen LogP contribution in [0.3, 0.4) is 0 Å². The molecule has 0 spiro atoms. The lowest BCUT2D eigenvalue weighted by atomic mass is 10.0. The van der Waals surface area contributed by atoms with E-state index in [9.17, 15) is 8.60 Å². The molecule has 1 aromatic carbocycles. The van der Waals surface area contributed by atoms with E-state index in [-0.39, 0.29) is 18.1 Å². The van der Waals surface area contributed by atoms with Crippen LogP contribution in [-0.4, -0.2) is 34.7 Å². The molecule has 1 unspecified atom stereocenters. The molecular formula is C18H28FNO3S2. The topological polar surface area (TPSA) is 47.6 Å². The van der Waals surface area contributed by atoms with E-state index < -0.39 is 15.7 Å². The molecule has 0 bridgehead atoms. The van der Waals surface area contributed by atoms with E-state index in [2.05, 4.69) is 4.72 Å². The van der Waals surface area contributed by atoms with Crippen molar-refractivity contribution in [1.82, 2.24) is 4.72 Å². The SMILES string of the molecule is CSc1ccc(F)cc1[C@@H](CCC1OCCCO1)NS(=O)C(C)(C)C. The molecule has 0 radical (unpaired) electrons. The van der Waals surface area contributed by atoms with Gasteiger partial charge in [-0.05, 0) is 63.6 Å². The molecule has 1 aliphatic rings. The van der Waals surface area contributed by atoms with Gasteiger partial charge in [0.05, 0.1) is 28.9 Å². The van der Waals surface area contributed by atoms with Crippen LogP contribution >= 0.6 is 11.8 Å². The first kappa shape index (κ1) is 20.8. The second-order valence-electron chi connectivity index (χ2n) is 7.04. The van der Waals surface area contributed by atoms with E-state index in [0.717, 1.165) is 16.9 Å². The quantitative estimate of drug-likeness (QED) is 0.711. The van der Waals surface area contributed by atoms with E-state index >= 15 is 0 Å². The molecule has 0 saturated carbocycles. The Hall–Kier alpha value is -0.470. The molecule has 1 saturated heterocycles. The second kappa shape index (κ2) is 9.46. The van der Waals surface area contributed by atoms with E-state index in [1.165, 1.54) is 12.1 Å². The number of rotatable bonds is 7. The van der Waals surface area contributed by atoms with Gasteiger partial charge in [-0.3, -0.25) is 0 Å². The van der Waals surface area contributed by atoms with E-state index in [1.807, 2.05) is 27.0 Å². The molecule has 2 atom stereocenters. The number of thioether (sulfide) groups is 1. The molecule has 25 heavy (non-hydrogen) atoms. The maximum atomic E-state index is 13.8. The fourth-order valence-electron chi connectivity index (χ4n) is 2.57. The molecule has 1 aromatic rings. The fourth-order valence-corrected chi connectivity index (χ4v) is 4.07. The Labute approximate surface area is 156 Å². The van der Waals surface area contributed by atoms with Gasteiger partial charge in [-0.1, -0.05) is 0 Å². The lowest BCUT2D eigenvalue weighted by Crippen LogP contribution is -2.36. The second-order valence-corrected chi connectivity index (χ2v) is 9.89. The van der Waals surface area contributed by atoms with Gasteiger partial charge in [0, 0.05) is 17.4 Å². The maximum absolute atomic E-state index is 13.8. The number of nitrogens with one attached hydrogen (secondary N) is 1. The third-order valence-corrected chi connectivity index (χ3v) is 6.38. The number of hydrogen-bond donors (Lipinski definition) is 1. The number of halogens is 1. The zero-order valence-electron chi connectivity index (χ0n) is 15.3. The molecule has 1 fully saturated rings. The van der Waals surface area contributed by atoms with Gasteiger partial charge < -0.3 is 9.47 Å². The molecular weight excluding hydrogens is 361 g/mol. The third kappa shape index (κ3) is 6.32. The minimum absolute atomic E-state index is 0.229. The highest BCUT2D eigenvalue weighted by atomic mass is 32.2. The molecule has 1 aliphatic heterocycles. The summed E-state index contributed by atoms with van der Waals surface area (Å²) in [6, 6.07) is 4.54. The van der Waals surface area contributed by atoms with Crippen LogP contribution in [-0.2, 0) is 20.5 Å². The van der Waals surface area contributed by atoms with Crippen LogP contribution in [0, 0.1) is 5.82 Å². The molecule has 0 aromatic heterocycles. The van der Waals surface area contributed by atoms with Crippen molar-refractivity contribution < 1.29 is 18.1 Å². The summed E-state index contributed by atoms with van der Waals surface area (Å²) < 4.78 is 40.5. The zero-order valence-corrected chi connectivity index (χ0v) is 17.0. The molecule has 2 rings (SSSR count). The van der Waals surface area contributed by atoms with Crippen molar-refractivity contribution in [3.8, 4) is 0 Å². The van der Waals surface area contributed by atoms with Gasteiger partial charge >= 0.3 is 0 Å². The summed E-state index contributed by atoms with van der Waals surface area (Å²) >= 11 is 1.56. The minimum Gasteiger partial charge on any atom is -0.353 e. The summed E-state index contributed by atoms with van der Waals surface area (Å²) in [5.74, 6) is -0.286. The van der Waals surface area contributed by atoms with E-state index in [0.29, 0.717) is 26.1 Å². The Morgan fingerprint density at radius 2 is 2.04 bits per heavy atom. The fraction of sp³-hybridized carbons (Fsp3) is 0.667. The Morgan fingerprint density at radius 1 is 1.36 bits per heavy atom. The minimum atomic E-state index is -1.25. The maximum Gasteiger partial charge on any atom is 0.157 e. The predicted octanol–water partition coefficient (Wildman–Crippen LogP) is 4.18. The van der Waals surface area contributed by atoms with Crippen molar-refractivity contribution in [1.29, 1.82) is 0 Å². The van der Waals surface area contributed by atoms with Crippen LogP contribution in [0.5, 0.6) is 0 Å². The first-order valence-corrected chi connectivity index (χ1v) is 10.9. The number of benzene rings is 1.